The van der Waals surface area contributed by atoms with E-state index in [9.17, 15) is 4.79 Å². The van der Waals surface area contributed by atoms with E-state index in [-0.39, 0.29) is 0 Å². The highest BCUT2D eigenvalue weighted by Crippen LogP contribution is 2.37. The summed E-state index contributed by atoms with van der Waals surface area (Å²) in [6, 6.07) is 10.9. The first-order valence-electron chi connectivity index (χ1n) is 6.56. The number of nitrogens with zero attached hydrogens (tertiary/aromatic N) is 1. The van der Waals surface area contributed by atoms with Gasteiger partial charge in [-0.2, -0.15) is 0 Å². The van der Waals surface area contributed by atoms with Crippen LogP contribution in [0.1, 0.15) is 5.56 Å². The van der Waals surface area contributed by atoms with E-state index in [0.29, 0.717) is 33.2 Å². The molecule has 1 aromatic heterocycles. The molecule has 0 aliphatic rings. The van der Waals surface area contributed by atoms with Crippen LogP contribution in [0, 0.1) is 6.92 Å². The Morgan fingerprint density at radius 2 is 2.09 bits per heavy atom. The van der Waals surface area contributed by atoms with E-state index in [1.807, 2.05) is 24.3 Å². The second kappa shape index (κ2) is 5.69. The molecule has 0 unspecified atom stereocenters. The molecule has 0 atom stereocenters. The van der Waals surface area contributed by atoms with Crippen molar-refractivity contribution in [1.82, 2.24) is 5.16 Å². The minimum atomic E-state index is -1.04. The molecule has 112 valence electrons. The van der Waals surface area contributed by atoms with Crippen molar-refractivity contribution in [3.8, 4) is 17.0 Å². The first kappa shape index (κ1) is 14.4. The van der Waals surface area contributed by atoms with Crippen molar-refractivity contribution in [3.63, 3.8) is 0 Å². The number of carboxylic acids is 1. The molecule has 5 nitrogen and oxygen atoms in total. The molecule has 6 heteroatoms. The van der Waals surface area contributed by atoms with Gasteiger partial charge in [-0.1, -0.05) is 28.9 Å². The summed E-state index contributed by atoms with van der Waals surface area (Å²) in [4.78, 5) is 10.6. The van der Waals surface area contributed by atoms with Gasteiger partial charge in [0, 0.05) is 16.5 Å². The predicted molar refractivity (Wildman–Crippen MR) is 82.3 cm³/mol. The smallest absolute Gasteiger partial charge is 0.341 e. The zero-order chi connectivity index (χ0) is 15.7. The standard InChI is InChI=1S/C16H12ClNO4/c1-9-12(21-8-14(19)20)7-6-11(15(9)17)16-10-4-2-3-5-13(10)22-18-16/h2-7H,8H2,1H3,(H,19,20). The third kappa shape index (κ3) is 2.51. The number of hydrogen-bond acceptors (Lipinski definition) is 4. The van der Waals surface area contributed by atoms with Gasteiger partial charge in [0.2, 0.25) is 0 Å². The van der Waals surface area contributed by atoms with Gasteiger partial charge >= 0.3 is 5.97 Å². The number of halogens is 1. The second-order valence-electron chi connectivity index (χ2n) is 4.76. The molecule has 0 saturated heterocycles. The quantitative estimate of drug-likeness (QED) is 0.789. The summed E-state index contributed by atoms with van der Waals surface area (Å²) in [6.45, 7) is 1.36. The van der Waals surface area contributed by atoms with Crippen LogP contribution in [0.5, 0.6) is 5.75 Å². The number of aromatic nitrogens is 1. The van der Waals surface area contributed by atoms with Gasteiger partial charge in [0.1, 0.15) is 11.4 Å². The van der Waals surface area contributed by atoms with Crippen LogP contribution in [0.15, 0.2) is 40.9 Å². The number of aliphatic carboxylic acids is 1. The molecule has 0 spiro atoms. The number of ether oxygens (including phenoxy) is 1. The molecule has 0 saturated carbocycles. The fourth-order valence-corrected chi connectivity index (χ4v) is 2.47. The maximum absolute atomic E-state index is 10.6. The number of para-hydroxylation sites is 1. The molecular formula is C16H12ClNO4. The highest BCUT2D eigenvalue weighted by molar-refractivity contribution is 6.34. The Bertz CT molecular complexity index is 856. The van der Waals surface area contributed by atoms with Crippen molar-refractivity contribution >= 4 is 28.5 Å². The normalized spacial score (nSPS) is 10.8. The number of benzene rings is 2. The third-order valence-corrected chi connectivity index (χ3v) is 3.81. The first-order chi connectivity index (χ1) is 10.6. The van der Waals surface area contributed by atoms with Gasteiger partial charge in [0.15, 0.2) is 12.2 Å². The number of carbonyl (C=O) groups is 1. The van der Waals surface area contributed by atoms with Gasteiger partial charge in [0.05, 0.1) is 5.02 Å². The van der Waals surface area contributed by atoms with E-state index < -0.39 is 12.6 Å². The number of fused-ring (bicyclic) bond motifs is 1. The first-order valence-corrected chi connectivity index (χ1v) is 6.94. The van der Waals surface area contributed by atoms with Gasteiger partial charge in [-0.25, -0.2) is 4.79 Å². The van der Waals surface area contributed by atoms with Crippen LogP contribution in [0.25, 0.3) is 22.2 Å². The van der Waals surface area contributed by atoms with E-state index in [4.69, 9.17) is 26.0 Å². The highest BCUT2D eigenvalue weighted by atomic mass is 35.5. The summed E-state index contributed by atoms with van der Waals surface area (Å²) in [5.74, 6) is -0.606. The fraction of sp³-hybridized carbons (Fsp3) is 0.125. The maximum Gasteiger partial charge on any atom is 0.341 e. The molecule has 3 aromatic rings. The van der Waals surface area contributed by atoms with Crippen LogP contribution in [0.4, 0.5) is 0 Å². The van der Waals surface area contributed by atoms with Crippen molar-refractivity contribution in [3.05, 3.63) is 47.0 Å². The molecule has 0 bridgehead atoms. The Balaban J connectivity index is 2.05. The number of carboxylic acid groups (broad SMARTS) is 1. The summed E-state index contributed by atoms with van der Waals surface area (Å²) < 4.78 is 10.5. The van der Waals surface area contributed by atoms with Crippen LogP contribution in [-0.2, 0) is 4.79 Å². The predicted octanol–water partition coefficient (Wildman–Crippen LogP) is 3.92. The molecule has 1 heterocycles. The van der Waals surface area contributed by atoms with E-state index in [1.165, 1.54) is 0 Å². The highest BCUT2D eigenvalue weighted by Gasteiger charge is 2.16. The maximum atomic E-state index is 10.6. The SMILES string of the molecule is Cc1c(OCC(=O)O)ccc(-c2noc3ccccc23)c1Cl. The summed E-state index contributed by atoms with van der Waals surface area (Å²) in [6.07, 6.45) is 0. The minimum absolute atomic E-state index is 0.413. The second-order valence-corrected chi connectivity index (χ2v) is 5.14. The summed E-state index contributed by atoms with van der Waals surface area (Å²) in [5, 5.41) is 14.1. The van der Waals surface area contributed by atoms with Gasteiger partial charge in [-0.15, -0.1) is 0 Å². The lowest BCUT2D eigenvalue weighted by atomic mass is 10.0. The van der Waals surface area contributed by atoms with Crippen molar-refractivity contribution in [2.75, 3.05) is 6.61 Å². The Hall–Kier alpha value is -2.53. The molecule has 0 radical (unpaired) electrons. The Morgan fingerprint density at radius 3 is 2.86 bits per heavy atom. The van der Waals surface area contributed by atoms with Crippen molar-refractivity contribution in [2.24, 2.45) is 0 Å². The Kier molecular flexibility index (Phi) is 3.73. The summed E-state index contributed by atoms with van der Waals surface area (Å²) in [5.41, 5.74) is 2.70. The Morgan fingerprint density at radius 1 is 1.32 bits per heavy atom. The van der Waals surface area contributed by atoms with E-state index >= 15 is 0 Å². The van der Waals surface area contributed by atoms with Crippen LogP contribution in [0.2, 0.25) is 5.02 Å². The molecule has 2 aromatic carbocycles. The number of hydrogen-bond donors (Lipinski definition) is 1. The zero-order valence-corrected chi connectivity index (χ0v) is 12.4. The van der Waals surface area contributed by atoms with Crippen molar-refractivity contribution in [1.29, 1.82) is 0 Å². The molecule has 0 amide bonds. The minimum Gasteiger partial charge on any atom is -0.482 e. The lowest BCUT2D eigenvalue weighted by Crippen LogP contribution is -2.10. The van der Waals surface area contributed by atoms with Crippen LogP contribution in [0.3, 0.4) is 0 Å². The Labute approximate surface area is 131 Å². The largest absolute Gasteiger partial charge is 0.482 e. The topological polar surface area (TPSA) is 72.6 Å². The average molecular weight is 318 g/mol. The average Bonchev–Trinajstić information content (AvgIpc) is 2.92. The van der Waals surface area contributed by atoms with Crippen LogP contribution >= 0.6 is 11.6 Å². The van der Waals surface area contributed by atoms with Crippen LogP contribution in [-0.4, -0.2) is 22.8 Å². The molecule has 0 aliphatic carbocycles. The lowest BCUT2D eigenvalue weighted by molar-refractivity contribution is -0.139. The molecule has 1 N–H and O–H groups in total. The molecule has 0 aliphatic heterocycles. The summed E-state index contributed by atoms with van der Waals surface area (Å²) >= 11 is 6.40. The molecule has 3 rings (SSSR count). The van der Waals surface area contributed by atoms with Crippen LogP contribution < -0.4 is 4.74 Å². The fourth-order valence-electron chi connectivity index (χ4n) is 2.23. The summed E-state index contributed by atoms with van der Waals surface area (Å²) in [7, 11) is 0. The van der Waals surface area contributed by atoms with Gasteiger partial charge in [-0.3, -0.25) is 0 Å². The van der Waals surface area contributed by atoms with E-state index in [2.05, 4.69) is 5.16 Å². The molecule has 22 heavy (non-hydrogen) atoms. The van der Waals surface area contributed by atoms with Gasteiger partial charge < -0.3 is 14.4 Å². The third-order valence-electron chi connectivity index (χ3n) is 3.32. The van der Waals surface area contributed by atoms with E-state index in [1.54, 1.807) is 19.1 Å². The van der Waals surface area contributed by atoms with Gasteiger partial charge in [-0.05, 0) is 31.2 Å². The lowest BCUT2D eigenvalue weighted by Gasteiger charge is -2.11. The van der Waals surface area contributed by atoms with Crippen molar-refractivity contribution < 1.29 is 19.2 Å². The van der Waals surface area contributed by atoms with E-state index in [0.717, 1.165) is 5.39 Å². The monoisotopic (exact) mass is 317 g/mol. The molecule has 0 fully saturated rings. The number of rotatable bonds is 4. The molecular weight excluding hydrogens is 306 g/mol. The van der Waals surface area contributed by atoms with Gasteiger partial charge in [0.25, 0.3) is 0 Å². The zero-order valence-electron chi connectivity index (χ0n) is 11.7. The van der Waals surface area contributed by atoms with Crippen molar-refractivity contribution in [2.45, 2.75) is 6.92 Å².